The van der Waals surface area contributed by atoms with Crippen LogP contribution in [-0.2, 0) is 4.79 Å². The van der Waals surface area contributed by atoms with Gasteiger partial charge in [0.15, 0.2) is 5.76 Å². The van der Waals surface area contributed by atoms with Crippen LogP contribution in [0, 0.1) is 19.3 Å². The SMILES string of the molecule is Cc1ccc(OC2=CCN(c3ccc(OCC(C)(C)C)c(C)c3)C2=O)cc1. The summed E-state index contributed by atoms with van der Waals surface area (Å²) >= 11 is 0. The van der Waals surface area contributed by atoms with Gasteiger partial charge in [-0.1, -0.05) is 38.5 Å². The highest BCUT2D eigenvalue weighted by Crippen LogP contribution is 2.29. The first-order valence-corrected chi connectivity index (χ1v) is 9.23. The molecule has 0 fully saturated rings. The summed E-state index contributed by atoms with van der Waals surface area (Å²) in [6.45, 7) is 11.6. The number of hydrogen-bond acceptors (Lipinski definition) is 3. The van der Waals surface area contributed by atoms with Gasteiger partial charge in [-0.3, -0.25) is 4.79 Å². The second kappa shape index (κ2) is 7.47. The molecule has 0 saturated heterocycles. The number of nitrogens with zero attached hydrogens (tertiary/aromatic N) is 1. The third-order valence-electron chi connectivity index (χ3n) is 4.29. The Labute approximate surface area is 161 Å². The van der Waals surface area contributed by atoms with Gasteiger partial charge >= 0.3 is 0 Å². The second-order valence-corrected chi connectivity index (χ2v) is 8.20. The van der Waals surface area contributed by atoms with Crippen LogP contribution >= 0.6 is 0 Å². The Hall–Kier alpha value is -2.75. The lowest BCUT2D eigenvalue weighted by Gasteiger charge is -2.21. The molecule has 0 aromatic heterocycles. The number of rotatable bonds is 5. The van der Waals surface area contributed by atoms with E-state index in [9.17, 15) is 4.79 Å². The molecule has 4 nitrogen and oxygen atoms in total. The molecule has 0 aliphatic carbocycles. The van der Waals surface area contributed by atoms with E-state index in [1.54, 1.807) is 4.90 Å². The van der Waals surface area contributed by atoms with Crippen LogP contribution in [0.3, 0.4) is 0 Å². The van der Waals surface area contributed by atoms with Crippen molar-refractivity contribution in [1.82, 2.24) is 0 Å². The minimum absolute atomic E-state index is 0.0994. The van der Waals surface area contributed by atoms with Gasteiger partial charge in [0.05, 0.1) is 6.61 Å². The first-order valence-electron chi connectivity index (χ1n) is 9.23. The Kier molecular flexibility index (Phi) is 5.26. The van der Waals surface area contributed by atoms with E-state index in [1.165, 1.54) is 0 Å². The monoisotopic (exact) mass is 365 g/mol. The quantitative estimate of drug-likeness (QED) is 0.745. The number of aryl methyl sites for hydroxylation is 2. The Bertz CT molecular complexity index is 860. The molecule has 0 saturated carbocycles. The molecule has 0 bridgehead atoms. The minimum Gasteiger partial charge on any atom is -0.493 e. The third-order valence-corrected chi connectivity index (χ3v) is 4.29. The molecule has 0 unspecified atom stereocenters. The molecule has 1 amide bonds. The van der Waals surface area contributed by atoms with Crippen molar-refractivity contribution in [3.63, 3.8) is 0 Å². The molecule has 1 aliphatic rings. The van der Waals surface area contributed by atoms with Crippen LogP contribution in [0.1, 0.15) is 31.9 Å². The van der Waals surface area contributed by atoms with E-state index in [2.05, 4.69) is 20.8 Å². The first kappa shape index (κ1) is 19.0. The summed E-state index contributed by atoms with van der Waals surface area (Å²) in [7, 11) is 0. The van der Waals surface area contributed by atoms with Crippen LogP contribution in [0.25, 0.3) is 0 Å². The Morgan fingerprint density at radius 1 is 1.04 bits per heavy atom. The van der Waals surface area contributed by atoms with Gasteiger partial charge in [-0.05, 0) is 61.2 Å². The fourth-order valence-corrected chi connectivity index (χ4v) is 2.78. The van der Waals surface area contributed by atoms with Crippen molar-refractivity contribution in [1.29, 1.82) is 0 Å². The Balaban J connectivity index is 1.68. The number of hydrogen-bond donors (Lipinski definition) is 0. The van der Waals surface area contributed by atoms with Crippen molar-refractivity contribution < 1.29 is 14.3 Å². The van der Waals surface area contributed by atoms with Crippen LogP contribution < -0.4 is 14.4 Å². The molecule has 0 radical (unpaired) electrons. The molecule has 1 aliphatic heterocycles. The van der Waals surface area contributed by atoms with E-state index in [0.717, 1.165) is 22.6 Å². The highest BCUT2D eigenvalue weighted by molar-refractivity contribution is 6.07. The van der Waals surface area contributed by atoms with Crippen LogP contribution in [0.15, 0.2) is 54.3 Å². The Morgan fingerprint density at radius 3 is 2.37 bits per heavy atom. The van der Waals surface area contributed by atoms with E-state index in [-0.39, 0.29) is 11.3 Å². The van der Waals surface area contributed by atoms with Gasteiger partial charge in [0.25, 0.3) is 5.91 Å². The standard InChI is InChI=1S/C23H27NO3/c1-16-6-9-19(10-7-16)27-21-12-13-24(22(21)25)18-8-11-20(17(2)14-18)26-15-23(3,4)5/h6-12,14H,13,15H2,1-5H3. The fraction of sp³-hybridized carbons (Fsp3) is 0.348. The zero-order chi connectivity index (χ0) is 19.6. The molecular weight excluding hydrogens is 338 g/mol. The van der Waals surface area contributed by atoms with E-state index < -0.39 is 0 Å². The molecule has 0 spiro atoms. The lowest BCUT2D eigenvalue weighted by atomic mass is 9.98. The van der Waals surface area contributed by atoms with Crippen molar-refractivity contribution in [3.05, 3.63) is 65.4 Å². The number of amides is 1. The molecule has 4 heteroatoms. The summed E-state index contributed by atoms with van der Waals surface area (Å²) in [5.74, 6) is 1.76. The van der Waals surface area contributed by atoms with Gasteiger partial charge in [0.1, 0.15) is 11.5 Å². The van der Waals surface area contributed by atoms with Crippen molar-refractivity contribution in [3.8, 4) is 11.5 Å². The van der Waals surface area contributed by atoms with E-state index in [1.807, 2.05) is 62.4 Å². The van der Waals surface area contributed by atoms with Crippen LogP contribution in [0.2, 0.25) is 0 Å². The number of benzene rings is 2. The maximum Gasteiger partial charge on any atom is 0.294 e. The van der Waals surface area contributed by atoms with Crippen LogP contribution in [0.5, 0.6) is 11.5 Å². The average molecular weight is 365 g/mol. The predicted molar refractivity (Wildman–Crippen MR) is 108 cm³/mol. The zero-order valence-electron chi connectivity index (χ0n) is 16.7. The molecule has 2 aromatic rings. The van der Waals surface area contributed by atoms with Gasteiger partial charge < -0.3 is 14.4 Å². The largest absolute Gasteiger partial charge is 0.493 e. The number of anilines is 1. The van der Waals surface area contributed by atoms with Gasteiger partial charge in [0, 0.05) is 12.2 Å². The summed E-state index contributed by atoms with van der Waals surface area (Å²) in [6, 6.07) is 13.5. The molecule has 2 aromatic carbocycles. The fourth-order valence-electron chi connectivity index (χ4n) is 2.78. The summed E-state index contributed by atoms with van der Waals surface area (Å²) in [5, 5.41) is 0. The van der Waals surface area contributed by atoms with Crippen molar-refractivity contribution in [2.75, 3.05) is 18.1 Å². The first-order chi connectivity index (χ1) is 12.7. The highest BCUT2D eigenvalue weighted by Gasteiger charge is 2.27. The maximum atomic E-state index is 12.7. The summed E-state index contributed by atoms with van der Waals surface area (Å²) in [4.78, 5) is 14.4. The van der Waals surface area contributed by atoms with Crippen LogP contribution in [0.4, 0.5) is 5.69 Å². The molecule has 27 heavy (non-hydrogen) atoms. The van der Waals surface area contributed by atoms with E-state index in [4.69, 9.17) is 9.47 Å². The molecule has 3 rings (SSSR count). The van der Waals surface area contributed by atoms with Crippen molar-refractivity contribution >= 4 is 11.6 Å². The molecule has 1 heterocycles. The highest BCUT2D eigenvalue weighted by atomic mass is 16.5. The van der Waals surface area contributed by atoms with Gasteiger partial charge in [-0.15, -0.1) is 0 Å². The second-order valence-electron chi connectivity index (χ2n) is 8.20. The molecule has 0 N–H and O–H groups in total. The maximum absolute atomic E-state index is 12.7. The molecular formula is C23H27NO3. The van der Waals surface area contributed by atoms with Crippen LogP contribution in [-0.4, -0.2) is 19.1 Å². The zero-order valence-corrected chi connectivity index (χ0v) is 16.7. The molecule has 0 atom stereocenters. The summed E-state index contributed by atoms with van der Waals surface area (Å²) in [6.07, 6.45) is 1.82. The van der Waals surface area contributed by atoms with Gasteiger partial charge in [-0.25, -0.2) is 0 Å². The lowest BCUT2D eigenvalue weighted by molar-refractivity contribution is -0.116. The normalized spacial score (nSPS) is 14.3. The smallest absolute Gasteiger partial charge is 0.294 e. The summed E-state index contributed by atoms with van der Waals surface area (Å²) < 4.78 is 11.7. The average Bonchev–Trinajstić information content (AvgIpc) is 2.96. The molecule has 142 valence electrons. The number of ether oxygens (including phenoxy) is 2. The van der Waals surface area contributed by atoms with Gasteiger partial charge in [-0.2, -0.15) is 0 Å². The minimum atomic E-state index is -0.127. The van der Waals surface area contributed by atoms with Gasteiger partial charge in [0.2, 0.25) is 0 Å². The van der Waals surface area contributed by atoms with Crippen molar-refractivity contribution in [2.24, 2.45) is 5.41 Å². The summed E-state index contributed by atoms with van der Waals surface area (Å²) in [5.41, 5.74) is 3.11. The number of carbonyl (C=O) groups is 1. The third kappa shape index (κ3) is 4.70. The predicted octanol–water partition coefficient (Wildman–Crippen LogP) is 5.04. The number of carbonyl (C=O) groups excluding carboxylic acids is 1. The van der Waals surface area contributed by atoms with E-state index in [0.29, 0.717) is 24.7 Å². The van der Waals surface area contributed by atoms with Crippen molar-refractivity contribution in [2.45, 2.75) is 34.6 Å². The lowest BCUT2D eigenvalue weighted by Crippen LogP contribution is -2.27. The topological polar surface area (TPSA) is 38.8 Å². The van der Waals surface area contributed by atoms with E-state index >= 15 is 0 Å². The Morgan fingerprint density at radius 2 is 1.74 bits per heavy atom.